The summed E-state index contributed by atoms with van der Waals surface area (Å²) in [6.45, 7) is 5.43. The summed E-state index contributed by atoms with van der Waals surface area (Å²) in [6, 6.07) is 5.31. The largest absolute Gasteiger partial charge is 0.398 e. The van der Waals surface area contributed by atoms with Gasteiger partial charge in [0.2, 0.25) is 0 Å². The second-order valence-electron chi connectivity index (χ2n) is 5.69. The molecule has 0 saturated heterocycles. The van der Waals surface area contributed by atoms with Gasteiger partial charge < -0.3 is 16.8 Å². The molecule has 0 spiro atoms. The van der Waals surface area contributed by atoms with Crippen LogP contribution < -0.4 is 16.8 Å². The quantitative estimate of drug-likeness (QED) is 0.478. The number of amides is 1. The van der Waals surface area contributed by atoms with Gasteiger partial charge >= 0.3 is 0 Å². The van der Waals surface area contributed by atoms with E-state index >= 15 is 0 Å². The molecule has 4 heteroatoms. The molecule has 0 aliphatic rings. The standard InChI is InChI=1S/C16H27N3O/c1-12(2)7-5-3-4-6-10-19-13-8-9-15(17)14(11-13)16(18)20/h8-9,11-12,19H,3-7,10,17H2,1-2H3,(H2,18,20). The molecule has 0 aliphatic heterocycles. The van der Waals surface area contributed by atoms with E-state index in [1.165, 1.54) is 25.7 Å². The number of nitrogens with one attached hydrogen (secondary N) is 1. The molecule has 0 aromatic heterocycles. The van der Waals surface area contributed by atoms with E-state index in [2.05, 4.69) is 19.2 Å². The van der Waals surface area contributed by atoms with Gasteiger partial charge in [0.25, 0.3) is 5.91 Å². The molecule has 1 amide bonds. The zero-order valence-electron chi connectivity index (χ0n) is 12.6. The molecule has 1 rings (SSSR count). The van der Waals surface area contributed by atoms with Crippen molar-refractivity contribution < 1.29 is 4.79 Å². The van der Waals surface area contributed by atoms with Crippen molar-refractivity contribution in [2.45, 2.75) is 46.0 Å². The highest BCUT2D eigenvalue weighted by Crippen LogP contribution is 2.17. The zero-order chi connectivity index (χ0) is 15.0. The normalized spacial score (nSPS) is 10.8. The summed E-state index contributed by atoms with van der Waals surface area (Å²) >= 11 is 0. The maximum Gasteiger partial charge on any atom is 0.250 e. The number of anilines is 2. The maximum absolute atomic E-state index is 11.2. The summed E-state index contributed by atoms with van der Waals surface area (Å²) in [5.41, 5.74) is 12.7. The second-order valence-corrected chi connectivity index (χ2v) is 5.69. The molecule has 0 fully saturated rings. The number of unbranched alkanes of at least 4 members (excludes halogenated alkanes) is 3. The highest BCUT2D eigenvalue weighted by molar-refractivity contribution is 5.98. The van der Waals surface area contributed by atoms with E-state index in [0.717, 1.165) is 24.6 Å². The van der Waals surface area contributed by atoms with E-state index in [4.69, 9.17) is 11.5 Å². The first-order chi connectivity index (χ1) is 9.50. The highest BCUT2D eigenvalue weighted by Gasteiger charge is 2.06. The Morgan fingerprint density at radius 2 is 1.90 bits per heavy atom. The van der Waals surface area contributed by atoms with Crippen LogP contribution in [0.25, 0.3) is 0 Å². The Morgan fingerprint density at radius 1 is 1.20 bits per heavy atom. The highest BCUT2D eigenvalue weighted by atomic mass is 16.1. The first-order valence-electron chi connectivity index (χ1n) is 7.44. The fraction of sp³-hybridized carbons (Fsp3) is 0.562. The molecule has 1 aromatic carbocycles. The van der Waals surface area contributed by atoms with Gasteiger partial charge in [-0.25, -0.2) is 0 Å². The second kappa shape index (κ2) is 8.46. The molecule has 0 saturated carbocycles. The molecule has 0 atom stereocenters. The van der Waals surface area contributed by atoms with Crippen molar-refractivity contribution >= 4 is 17.3 Å². The van der Waals surface area contributed by atoms with E-state index in [0.29, 0.717) is 11.3 Å². The number of rotatable bonds is 9. The lowest BCUT2D eigenvalue weighted by atomic mass is 10.0. The molecule has 112 valence electrons. The monoisotopic (exact) mass is 277 g/mol. The lowest BCUT2D eigenvalue weighted by Gasteiger charge is -2.09. The van der Waals surface area contributed by atoms with Crippen molar-refractivity contribution in [3.05, 3.63) is 23.8 Å². The third kappa shape index (κ3) is 5.95. The number of primary amides is 1. The zero-order valence-corrected chi connectivity index (χ0v) is 12.6. The number of hydrogen-bond donors (Lipinski definition) is 3. The minimum absolute atomic E-state index is 0.381. The van der Waals surface area contributed by atoms with Crippen molar-refractivity contribution in [1.29, 1.82) is 0 Å². The summed E-state index contributed by atoms with van der Waals surface area (Å²) < 4.78 is 0. The Balaban J connectivity index is 2.25. The molecular weight excluding hydrogens is 250 g/mol. The average Bonchev–Trinajstić information content (AvgIpc) is 2.38. The molecule has 20 heavy (non-hydrogen) atoms. The Hall–Kier alpha value is -1.71. The first-order valence-corrected chi connectivity index (χ1v) is 7.44. The van der Waals surface area contributed by atoms with E-state index in [-0.39, 0.29) is 0 Å². The summed E-state index contributed by atoms with van der Waals surface area (Å²) in [6.07, 6.45) is 6.28. The van der Waals surface area contributed by atoms with Crippen LogP contribution in [-0.2, 0) is 0 Å². The molecule has 0 radical (unpaired) electrons. The van der Waals surface area contributed by atoms with Gasteiger partial charge in [-0.2, -0.15) is 0 Å². The fourth-order valence-electron chi connectivity index (χ4n) is 2.14. The Labute approximate surface area is 121 Å². The molecular formula is C16H27N3O. The van der Waals surface area contributed by atoms with Crippen molar-refractivity contribution in [3.63, 3.8) is 0 Å². The van der Waals surface area contributed by atoms with E-state index in [1.807, 2.05) is 6.07 Å². The van der Waals surface area contributed by atoms with E-state index in [9.17, 15) is 4.79 Å². The number of carbonyl (C=O) groups is 1. The number of nitrogen functional groups attached to an aromatic ring is 1. The van der Waals surface area contributed by atoms with Gasteiger partial charge in [0, 0.05) is 17.9 Å². The Morgan fingerprint density at radius 3 is 2.55 bits per heavy atom. The number of carbonyl (C=O) groups excluding carboxylic acids is 1. The first kappa shape index (κ1) is 16.3. The lowest BCUT2D eigenvalue weighted by Crippen LogP contribution is -2.14. The minimum Gasteiger partial charge on any atom is -0.398 e. The van der Waals surface area contributed by atoms with Crippen LogP contribution >= 0.6 is 0 Å². The lowest BCUT2D eigenvalue weighted by molar-refractivity contribution is 0.100. The molecule has 0 unspecified atom stereocenters. The maximum atomic E-state index is 11.2. The topological polar surface area (TPSA) is 81.1 Å². The van der Waals surface area contributed by atoms with Crippen molar-refractivity contribution in [2.24, 2.45) is 11.7 Å². The van der Waals surface area contributed by atoms with Crippen LogP contribution in [0.5, 0.6) is 0 Å². The van der Waals surface area contributed by atoms with E-state index < -0.39 is 5.91 Å². The molecule has 0 heterocycles. The van der Waals surface area contributed by atoms with Gasteiger partial charge in [-0.15, -0.1) is 0 Å². The smallest absolute Gasteiger partial charge is 0.250 e. The third-order valence-corrected chi connectivity index (χ3v) is 3.36. The number of benzene rings is 1. The van der Waals surface area contributed by atoms with Crippen molar-refractivity contribution in [3.8, 4) is 0 Å². The Bertz CT molecular complexity index is 430. The van der Waals surface area contributed by atoms with Gasteiger partial charge in [0.1, 0.15) is 0 Å². The average molecular weight is 277 g/mol. The van der Waals surface area contributed by atoms with Gasteiger partial charge in [-0.05, 0) is 30.5 Å². The third-order valence-electron chi connectivity index (χ3n) is 3.36. The SMILES string of the molecule is CC(C)CCCCCCNc1ccc(N)c(C(N)=O)c1. The van der Waals surface area contributed by atoms with Crippen LogP contribution in [0.1, 0.15) is 56.3 Å². The van der Waals surface area contributed by atoms with Crippen LogP contribution in [0.2, 0.25) is 0 Å². The molecule has 1 aromatic rings. The van der Waals surface area contributed by atoms with Gasteiger partial charge in [0.15, 0.2) is 0 Å². The van der Waals surface area contributed by atoms with E-state index in [1.54, 1.807) is 12.1 Å². The predicted octanol–water partition coefficient (Wildman–Crippen LogP) is 3.39. The van der Waals surface area contributed by atoms with Crippen LogP contribution in [0, 0.1) is 5.92 Å². The van der Waals surface area contributed by atoms with Crippen LogP contribution in [0.15, 0.2) is 18.2 Å². The van der Waals surface area contributed by atoms with Gasteiger partial charge in [-0.1, -0.05) is 39.5 Å². The van der Waals surface area contributed by atoms with Crippen LogP contribution in [-0.4, -0.2) is 12.5 Å². The van der Waals surface area contributed by atoms with Crippen LogP contribution in [0.3, 0.4) is 0 Å². The summed E-state index contributed by atoms with van der Waals surface area (Å²) in [5.74, 6) is 0.315. The van der Waals surface area contributed by atoms with Gasteiger partial charge in [-0.3, -0.25) is 4.79 Å². The molecule has 5 N–H and O–H groups in total. The Kier molecular flexibility index (Phi) is 6.91. The summed E-state index contributed by atoms with van der Waals surface area (Å²) in [5, 5.41) is 3.30. The summed E-state index contributed by atoms with van der Waals surface area (Å²) in [7, 11) is 0. The van der Waals surface area contributed by atoms with Gasteiger partial charge in [0.05, 0.1) is 5.56 Å². The predicted molar refractivity (Wildman–Crippen MR) is 85.8 cm³/mol. The number of nitrogens with two attached hydrogens (primary N) is 2. The fourth-order valence-corrected chi connectivity index (χ4v) is 2.14. The summed E-state index contributed by atoms with van der Waals surface area (Å²) in [4.78, 5) is 11.2. The van der Waals surface area contributed by atoms with Crippen LogP contribution in [0.4, 0.5) is 11.4 Å². The molecule has 4 nitrogen and oxygen atoms in total. The minimum atomic E-state index is -0.486. The molecule has 0 aliphatic carbocycles. The number of hydrogen-bond acceptors (Lipinski definition) is 3. The van der Waals surface area contributed by atoms with Crippen molar-refractivity contribution in [2.75, 3.05) is 17.6 Å². The molecule has 0 bridgehead atoms. The van der Waals surface area contributed by atoms with Crippen molar-refractivity contribution in [1.82, 2.24) is 0 Å².